The zero-order valence-corrected chi connectivity index (χ0v) is 10.8. The number of carbonyl (C=O) groups excluding carboxylic acids is 1. The first-order valence-corrected chi connectivity index (χ1v) is 5.96. The van der Waals surface area contributed by atoms with Crippen LogP contribution in [-0.2, 0) is 0 Å². The van der Waals surface area contributed by atoms with Crippen LogP contribution in [0.4, 0.5) is 4.39 Å². The number of phenols is 1. The van der Waals surface area contributed by atoms with E-state index < -0.39 is 11.7 Å². The molecule has 2 rings (SSSR count). The zero-order chi connectivity index (χ0) is 14.5. The third kappa shape index (κ3) is 3.20. The number of rotatable bonds is 3. The molecule has 0 heterocycles. The number of nitrogens with one attached hydrogen (secondary N) is 1. The molecule has 0 spiro atoms. The fraction of sp³-hybridized carbons (Fsp3) is 0.0667. The lowest BCUT2D eigenvalue weighted by molar-refractivity contribution is 0.0954. The van der Waals surface area contributed by atoms with Crippen molar-refractivity contribution in [2.24, 2.45) is 5.10 Å². The Morgan fingerprint density at radius 3 is 2.65 bits per heavy atom. The van der Waals surface area contributed by atoms with Crippen molar-refractivity contribution in [1.29, 1.82) is 0 Å². The molecule has 2 N–H and O–H groups in total. The molecule has 0 aliphatic carbocycles. The minimum Gasteiger partial charge on any atom is -0.507 e. The van der Waals surface area contributed by atoms with Crippen LogP contribution < -0.4 is 5.43 Å². The highest BCUT2D eigenvalue weighted by Gasteiger charge is 2.07. The van der Waals surface area contributed by atoms with E-state index in [0.717, 1.165) is 6.07 Å². The number of benzene rings is 2. The monoisotopic (exact) mass is 272 g/mol. The molecule has 4 nitrogen and oxygen atoms in total. The van der Waals surface area contributed by atoms with Crippen molar-refractivity contribution in [3.8, 4) is 5.75 Å². The molecule has 0 radical (unpaired) electrons. The van der Waals surface area contributed by atoms with Crippen molar-refractivity contribution in [3.05, 3.63) is 65.5 Å². The molecule has 102 valence electrons. The summed E-state index contributed by atoms with van der Waals surface area (Å²) in [6.07, 6.45) is 0. The van der Waals surface area contributed by atoms with E-state index in [1.54, 1.807) is 25.1 Å². The van der Waals surface area contributed by atoms with Crippen molar-refractivity contribution in [2.75, 3.05) is 0 Å². The third-order valence-electron chi connectivity index (χ3n) is 2.71. The SMILES string of the molecule is CC(=NNC(=O)c1cccc(F)c1)c1ccccc1O. The molecule has 0 bridgehead atoms. The summed E-state index contributed by atoms with van der Waals surface area (Å²) in [5, 5.41) is 13.6. The van der Waals surface area contributed by atoms with Gasteiger partial charge in [0.15, 0.2) is 0 Å². The number of nitrogens with zero attached hydrogens (tertiary/aromatic N) is 1. The van der Waals surface area contributed by atoms with Crippen molar-refractivity contribution < 1.29 is 14.3 Å². The Morgan fingerprint density at radius 1 is 1.20 bits per heavy atom. The van der Waals surface area contributed by atoms with E-state index in [1.165, 1.54) is 24.3 Å². The van der Waals surface area contributed by atoms with Crippen LogP contribution in [0.25, 0.3) is 0 Å². The Kier molecular flexibility index (Phi) is 4.10. The molecule has 5 heteroatoms. The lowest BCUT2D eigenvalue weighted by Crippen LogP contribution is -2.19. The van der Waals surface area contributed by atoms with E-state index in [-0.39, 0.29) is 11.3 Å². The topological polar surface area (TPSA) is 61.7 Å². The molecule has 2 aromatic rings. The largest absolute Gasteiger partial charge is 0.507 e. The highest BCUT2D eigenvalue weighted by Crippen LogP contribution is 2.16. The van der Waals surface area contributed by atoms with Crippen LogP contribution >= 0.6 is 0 Å². The predicted molar refractivity (Wildman–Crippen MR) is 74.2 cm³/mol. The Labute approximate surface area is 115 Å². The molecule has 0 fully saturated rings. The minimum absolute atomic E-state index is 0.0776. The zero-order valence-electron chi connectivity index (χ0n) is 10.8. The van der Waals surface area contributed by atoms with Crippen molar-refractivity contribution in [1.82, 2.24) is 5.43 Å². The molecular formula is C15H13FN2O2. The molecule has 0 aliphatic rings. The molecule has 0 atom stereocenters. The second-order valence-corrected chi connectivity index (χ2v) is 4.17. The Balaban J connectivity index is 2.13. The molecule has 0 aliphatic heterocycles. The molecule has 0 unspecified atom stereocenters. The van der Waals surface area contributed by atoms with Gasteiger partial charge in [0.2, 0.25) is 0 Å². The summed E-state index contributed by atoms with van der Waals surface area (Å²) in [5.41, 5.74) is 3.47. The maximum Gasteiger partial charge on any atom is 0.271 e. The maximum absolute atomic E-state index is 13.0. The summed E-state index contributed by atoms with van der Waals surface area (Å²) in [6, 6.07) is 12.0. The van der Waals surface area contributed by atoms with Gasteiger partial charge in [-0.2, -0.15) is 5.10 Å². The van der Waals surface area contributed by atoms with E-state index in [0.29, 0.717) is 11.3 Å². The van der Waals surface area contributed by atoms with Crippen LogP contribution in [0.5, 0.6) is 5.75 Å². The lowest BCUT2D eigenvalue weighted by atomic mass is 10.1. The summed E-state index contributed by atoms with van der Waals surface area (Å²) in [7, 11) is 0. The van der Waals surface area contributed by atoms with Crippen LogP contribution in [0.3, 0.4) is 0 Å². The molecule has 20 heavy (non-hydrogen) atoms. The van der Waals surface area contributed by atoms with E-state index in [9.17, 15) is 14.3 Å². The average molecular weight is 272 g/mol. The Bertz CT molecular complexity index is 668. The van der Waals surface area contributed by atoms with E-state index in [2.05, 4.69) is 10.5 Å². The second-order valence-electron chi connectivity index (χ2n) is 4.17. The van der Waals surface area contributed by atoms with Crippen LogP contribution in [-0.4, -0.2) is 16.7 Å². The predicted octanol–water partition coefficient (Wildman–Crippen LogP) is 2.69. The summed E-state index contributed by atoms with van der Waals surface area (Å²) in [5.74, 6) is -0.924. The fourth-order valence-electron chi connectivity index (χ4n) is 1.67. The van der Waals surface area contributed by atoms with Gasteiger partial charge in [0.1, 0.15) is 11.6 Å². The van der Waals surface area contributed by atoms with Gasteiger partial charge in [0.05, 0.1) is 5.71 Å². The first kappa shape index (κ1) is 13.7. The number of hydrogen-bond donors (Lipinski definition) is 2. The molecule has 2 aromatic carbocycles. The lowest BCUT2D eigenvalue weighted by Gasteiger charge is -2.04. The van der Waals surface area contributed by atoms with Crippen LogP contribution in [0.15, 0.2) is 53.6 Å². The standard InChI is InChI=1S/C15H13FN2O2/c1-10(13-7-2-3-8-14(13)19)17-18-15(20)11-5-4-6-12(16)9-11/h2-9,19H,1H3,(H,18,20). The van der Waals surface area contributed by atoms with E-state index in [4.69, 9.17) is 0 Å². The number of carbonyl (C=O) groups is 1. The molecule has 0 saturated heterocycles. The number of amides is 1. The maximum atomic E-state index is 13.0. The van der Waals surface area contributed by atoms with Crippen molar-refractivity contribution >= 4 is 11.6 Å². The van der Waals surface area contributed by atoms with Gasteiger partial charge in [0.25, 0.3) is 5.91 Å². The van der Waals surface area contributed by atoms with Crippen LogP contribution in [0.2, 0.25) is 0 Å². The average Bonchev–Trinajstić information content (AvgIpc) is 2.45. The number of phenolic OH excluding ortho intramolecular Hbond substituents is 1. The van der Waals surface area contributed by atoms with Crippen molar-refractivity contribution in [3.63, 3.8) is 0 Å². The first-order chi connectivity index (χ1) is 9.58. The molecule has 0 aromatic heterocycles. The number of para-hydroxylation sites is 1. The molecular weight excluding hydrogens is 259 g/mol. The van der Waals surface area contributed by atoms with Crippen LogP contribution in [0, 0.1) is 5.82 Å². The molecule has 1 amide bonds. The van der Waals surface area contributed by atoms with Gasteiger partial charge < -0.3 is 5.11 Å². The number of hydrazone groups is 1. The Hall–Kier alpha value is -2.69. The summed E-state index contributed by atoms with van der Waals surface area (Å²) in [6.45, 7) is 1.65. The van der Waals surface area contributed by atoms with Gasteiger partial charge in [-0.3, -0.25) is 4.79 Å². The third-order valence-corrected chi connectivity index (χ3v) is 2.71. The smallest absolute Gasteiger partial charge is 0.271 e. The summed E-state index contributed by atoms with van der Waals surface area (Å²) >= 11 is 0. The normalized spacial score (nSPS) is 11.2. The van der Waals surface area contributed by atoms with E-state index in [1.807, 2.05) is 0 Å². The van der Waals surface area contributed by atoms with Crippen molar-refractivity contribution in [2.45, 2.75) is 6.92 Å². The van der Waals surface area contributed by atoms with Gasteiger partial charge in [-0.1, -0.05) is 18.2 Å². The number of aromatic hydroxyl groups is 1. The van der Waals surface area contributed by atoms with Crippen LogP contribution in [0.1, 0.15) is 22.8 Å². The minimum atomic E-state index is -0.515. The summed E-state index contributed by atoms with van der Waals surface area (Å²) in [4.78, 5) is 11.8. The van der Waals surface area contributed by atoms with Gasteiger partial charge in [-0.25, -0.2) is 9.82 Å². The summed E-state index contributed by atoms with van der Waals surface area (Å²) < 4.78 is 13.0. The highest BCUT2D eigenvalue weighted by atomic mass is 19.1. The molecule has 0 saturated carbocycles. The first-order valence-electron chi connectivity index (χ1n) is 5.96. The highest BCUT2D eigenvalue weighted by molar-refractivity contribution is 6.02. The quantitative estimate of drug-likeness (QED) is 0.666. The second kappa shape index (κ2) is 5.97. The van der Waals surface area contributed by atoms with Gasteiger partial charge in [-0.15, -0.1) is 0 Å². The van der Waals surface area contributed by atoms with Gasteiger partial charge in [-0.05, 0) is 37.3 Å². The number of hydrogen-bond acceptors (Lipinski definition) is 3. The number of halogens is 1. The van der Waals surface area contributed by atoms with E-state index >= 15 is 0 Å². The van der Waals surface area contributed by atoms with Gasteiger partial charge >= 0.3 is 0 Å². The fourth-order valence-corrected chi connectivity index (χ4v) is 1.67. The Morgan fingerprint density at radius 2 is 1.95 bits per heavy atom. The van der Waals surface area contributed by atoms with Gasteiger partial charge in [0, 0.05) is 11.1 Å².